The van der Waals surface area contributed by atoms with Crippen molar-refractivity contribution in [2.75, 3.05) is 0 Å². The van der Waals surface area contributed by atoms with Gasteiger partial charge in [0.05, 0.1) is 16.5 Å². The van der Waals surface area contributed by atoms with Gasteiger partial charge in [0, 0.05) is 6.04 Å². The number of hydrogen-bond acceptors (Lipinski definition) is 3. The third-order valence-electron chi connectivity index (χ3n) is 5.81. The van der Waals surface area contributed by atoms with Crippen LogP contribution in [0.1, 0.15) is 37.7 Å². The Morgan fingerprint density at radius 3 is 2.00 bits per heavy atom. The van der Waals surface area contributed by atoms with Crippen molar-refractivity contribution in [2.24, 2.45) is 23.7 Å². The SMILES string of the molecule is N#Cc1ccc(S(=O)(=O)NC2C3CC4CC(C3)CC2C4)cc1. The molecule has 5 heteroatoms. The fraction of sp³-hybridized carbons (Fsp3) is 0.588. The van der Waals surface area contributed by atoms with Crippen molar-refractivity contribution in [1.82, 2.24) is 4.72 Å². The minimum atomic E-state index is -3.49. The molecule has 0 saturated heterocycles. The van der Waals surface area contributed by atoms with Crippen molar-refractivity contribution in [1.29, 1.82) is 5.26 Å². The molecule has 116 valence electrons. The molecule has 0 radical (unpaired) electrons. The summed E-state index contributed by atoms with van der Waals surface area (Å²) in [6.07, 6.45) is 6.12. The highest BCUT2D eigenvalue weighted by Gasteiger charge is 2.49. The summed E-state index contributed by atoms with van der Waals surface area (Å²) in [5.41, 5.74) is 0.480. The third-order valence-corrected chi connectivity index (χ3v) is 7.29. The molecule has 4 saturated carbocycles. The number of nitrogens with zero attached hydrogens (tertiary/aromatic N) is 1. The Hall–Kier alpha value is -1.38. The summed E-state index contributed by atoms with van der Waals surface area (Å²) >= 11 is 0. The van der Waals surface area contributed by atoms with Crippen LogP contribution in [0, 0.1) is 35.0 Å². The topological polar surface area (TPSA) is 70.0 Å². The first-order valence-corrected chi connectivity index (χ1v) is 9.56. The van der Waals surface area contributed by atoms with E-state index < -0.39 is 10.0 Å². The number of nitrogens with one attached hydrogen (secondary N) is 1. The lowest BCUT2D eigenvalue weighted by molar-refractivity contribution is -0.00557. The lowest BCUT2D eigenvalue weighted by Crippen LogP contribution is -2.55. The fourth-order valence-corrected chi connectivity index (χ4v) is 6.45. The molecule has 5 rings (SSSR count). The molecule has 0 spiro atoms. The standard InChI is InChI=1S/C17H20N2O2S/c18-10-11-1-3-16(4-2-11)22(20,21)19-17-14-6-12-5-13(8-14)9-15(17)7-12/h1-4,12-15,17,19H,5-9H2. The van der Waals surface area contributed by atoms with Crippen LogP contribution >= 0.6 is 0 Å². The monoisotopic (exact) mass is 316 g/mol. The van der Waals surface area contributed by atoms with Crippen LogP contribution in [0.4, 0.5) is 0 Å². The van der Waals surface area contributed by atoms with Crippen molar-refractivity contribution in [3.63, 3.8) is 0 Å². The van der Waals surface area contributed by atoms with E-state index in [0.29, 0.717) is 17.4 Å². The fourth-order valence-electron chi connectivity index (χ4n) is 5.07. The molecule has 4 fully saturated rings. The molecule has 4 nitrogen and oxygen atoms in total. The number of benzene rings is 1. The Balaban J connectivity index is 1.56. The molecule has 4 aliphatic carbocycles. The maximum absolute atomic E-state index is 12.6. The van der Waals surface area contributed by atoms with Crippen LogP contribution in [-0.4, -0.2) is 14.5 Å². The summed E-state index contributed by atoms with van der Waals surface area (Å²) in [6.45, 7) is 0. The highest BCUT2D eigenvalue weighted by Crippen LogP contribution is 2.53. The number of sulfonamides is 1. The predicted octanol–water partition coefficient (Wildman–Crippen LogP) is 2.66. The van der Waals surface area contributed by atoms with Gasteiger partial charge in [0.25, 0.3) is 0 Å². The predicted molar refractivity (Wildman–Crippen MR) is 82.3 cm³/mol. The first-order valence-electron chi connectivity index (χ1n) is 8.07. The van der Waals surface area contributed by atoms with Crippen LogP contribution in [0.3, 0.4) is 0 Å². The van der Waals surface area contributed by atoms with Crippen LogP contribution < -0.4 is 4.72 Å². The van der Waals surface area contributed by atoms with E-state index in [4.69, 9.17) is 5.26 Å². The molecule has 22 heavy (non-hydrogen) atoms. The minimum Gasteiger partial charge on any atom is -0.208 e. The van der Waals surface area contributed by atoms with Gasteiger partial charge in [-0.3, -0.25) is 0 Å². The van der Waals surface area contributed by atoms with E-state index in [-0.39, 0.29) is 10.9 Å². The second kappa shape index (κ2) is 5.07. The Kier molecular flexibility index (Phi) is 3.28. The van der Waals surface area contributed by atoms with Crippen molar-refractivity contribution in [3.05, 3.63) is 29.8 Å². The average Bonchev–Trinajstić information content (AvgIpc) is 2.50. The van der Waals surface area contributed by atoms with E-state index in [2.05, 4.69) is 4.72 Å². The molecular formula is C17H20N2O2S. The Morgan fingerprint density at radius 1 is 0.955 bits per heavy atom. The number of rotatable bonds is 3. The van der Waals surface area contributed by atoms with Gasteiger partial charge in [-0.15, -0.1) is 0 Å². The van der Waals surface area contributed by atoms with E-state index in [1.54, 1.807) is 12.1 Å². The van der Waals surface area contributed by atoms with Gasteiger partial charge in [-0.2, -0.15) is 5.26 Å². The molecular weight excluding hydrogens is 296 g/mol. The van der Waals surface area contributed by atoms with Gasteiger partial charge < -0.3 is 0 Å². The molecule has 0 heterocycles. The number of nitriles is 1. The third kappa shape index (κ3) is 2.35. The van der Waals surface area contributed by atoms with E-state index in [1.807, 2.05) is 6.07 Å². The molecule has 1 aromatic rings. The van der Waals surface area contributed by atoms with Gasteiger partial charge in [0.2, 0.25) is 10.0 Å². The zero-order valence-corrected chi connectivity index (χ0v) is 13.2. The summed E-state index contributed by atoms with van der Waals surface area (Å²) in [5.74, 6) is 2.70. The molecule has 4 bridgehead atoms. The van der Waals surface area contributed by atoms with E-state index in [9.17, 15) is 8.42 Å². The Bertz CT molecular complexity index is 690. The first-order chi connectivity index (χ1) is 10.5. The van der Waals surface area contributed by atoms with Crippen molar-refractivity contribution < 1.29 is 8.42 Å². The first kappa shape index (κ1) is 14.2. The molecule has 0 atom stereocenters. The molecule has 0 unspecified atom stereocenters. The van der Waals surface area contributed by atoms with Gasteiger partial charge in [0.1, 0.15) is 0 Å². The lowest BCUT2D eigenvalue weighted by Gasteiger charge is -2.54. The van der Waals surface area contributed by atoms with E-state index in [1.165, 1.54) is 44.2 Å². The van der Waals surface area contributed by atoms with Gasteiger partial charge in [-0.25, -0.2) is 13.1 Å². The Labute approximate surface area is 131 Å². The zero-order chi connectivity index (χ0) is 15.3. The van der Waals surface area contributed by atoms with Crippen LogP contribution in [0.5, 0.6) is 0 Å². The second-order valence-electron chi connectivity index (χ2n) is 7.21. The lowest BCUT2D eigenvalue weighted by atomic mass is 9.54. The van der Waals surface area contributed by atoms with Gasteiger partial charge in [-0.05, 0) is 80.0 Å². The molecule has 0 aliphatic heterocycles. The van der Waals surface area contributed by atoms with Gasteiger partial charge in [-0.1, -0.05) is 0 Å². The van der Waals surface area contributed by atoms with E-state index >= 15 is 0 Å². The average molecular weight is 316 g/mol. The highest BCUT2D eigenvalue weighted by molar-refractivity contribution is 7.89. The normalized spacial score (nSPS) is 36.2. The molecule has 1 N–H and O–H groups in total. The van der Waals surface area contributed by atoms with Crippen LogP contribution in [0.25, 0.3) is 0 Å². The molecule has 1 aromatic carbocycles. The zero-order valence-electron chi connectivity index (χ0n) is 12.4. The van der Waals surface area contributed by atoms with Crippen molar-refractivity contribution in [3.8, 4) is 6.07 Å². The highest BCUT2D eigenvalue weighted by atomic mass is 32.2. The Morgan fingerprint density at radius 2 is 1.50 bits per heavy atom. The summed E-state index contributed by atoms with van der Waals surface area (Å²) in [4.78, 5) is 0.264. The molecule has 0 aromatic heterocycles. The second-order valence-corrected chi connectivity index (χ2v) is 8.93. The van der Waals surface area contributed by atoms with Gasteiger partial charge in [0.15, 0.2) is 0 Å². The van der Waals surface area contributed by atoms with Crippen molar-refractivity contribution >= 4 is 10.0 Å². The van der Waals surface area contributed by atoms with E-state index in [0.717, 1.165) is 11.8 Å². The van der Waals surface area contributed by atoms with Crippen LogP contribution in [-0.2, 0) is 10.0 Å². The molecule has 0 amide bonds. The van der Waals surface area contributed by atoms with Crippen LogP contribution in [0.15, 0.2) is 29.2 Å². The summed E-state index contributed by atoms with van der Waals surface area (Å²) in [6, 6.07) is 8.29. The summed E-state index contributed by atoms with van der Waals surface area (Å²) in [5, 5.41) is 8.82. The van der Waals surface area contributed by atoms with Crippen LogP contribution in [0.2, 0.25) is 0 Å². The summed E-state index contributed by atoms with van der Waals surface area (Å²) in [7, 11) is -3.49. The van der Waals surface area contributed by atoms with Crippen molar-refractivity contribution in [2.45, 2.75) is 43.0 Å². The minimum absolute atomic E-state index is 0.105. The maximum Gasteiger partial charge on any atom is 0.240 e. The largest absolute Gasteiger partial charge is 0.240 e. The quantitative estimate of drug-likeness (QED) is 0.932. The smallest absolute Gasteiger partial charge is 0.208 e. The summed E-state index contributed by atoms with van der Waals surface area (Å²) < 4.78 is 28.2. The number of hydrogen-bond donors (Lipinski definition) is 1. The molecule has 4 aliphatic rings. The maximum atomic E-state index is 12.6. The van der Waals surface area contributed by atoms with Gasteiger partial charge >= 0.3 is 0 Å².